The Morgan fingerprint density at radius 2 is 1.89 bits per heavy atom. The fourth-order valence-corrected chi connectivity index (χ4v) is 1.01. The van der Waals surface area contributed by atoms with Crippen molar-refractivity contribution >= 4 is 11.9 Å². The van der Waals surface area contributed by atoms with Crippen LogP contribution in [-0.4, -0.2) is 66.2 Å². The Hall–Kier alpha value is -2.02. The Kier molecular flexibility index (Phi) is 5.90. The number of rotatable bonds is 1. The number of hydrogen-bond donors (Lipinski definition) is 3. The molecular weight excluding hydrogens is 236 g/mol. The molecule has 1 unspecified atom stereocenters. The lowest BCUT2D eigenvalue weighted by molar-refractivity contribution is 0.165. The van der Waals surface area contributed by atoms with Crippen molar-refractivity contribution in [1.29, 1.82) is 0 Å². The van der Waals surface area contributed by atoms with Crippen molar-refractivity contribution in [2.75, 3.05) is 28.2 Å². The Bertz CT molecular complexity index is 386. The smallest absolute Gasteiger partial charge is 0.406 e. The molecule has 1 rings (SSSR count). The van der Waals surface area contributed by atoms with Gasteiger partial charge in [-0.3, -0.25) is 0 Å². The molecule has 18 heavy (non-hydrogen) atoms. The highest BCUT2D eigenvalue weighted by molar-refractivity contribution is 5.90. The average Bonchev–Trinajstić information content (AvgIpc) is 2.26. The first kappa shape index (κ1) is 16.0. The number of aliphatic imine (C=N–C) groups is 1. The van der Waals surface area contributed by atoms with Crippen LogP contribution < -0.4 is 5.73 Å². The molecule has 0 aliphatic carbocycles. The van der Waals surface area contributed by atoms with Gasteiger partial charge in [0.2, 0.25) is 0 Å². The highest BCUT2D eigenvalue weighted by Gasteiger charge is 2.21. The predicted octanol–water partition coefficient (Wildman–Crippen LogP) is -0.0967. The van der Waals surface area contributed by atoms with Crippen LogP contribution in [0.15, 0.2) is 29.0 Å². The normalized spacial score (nSPS) is 18.1. The number of aliphatic hydroxyl groups is 1. The first-order chi connectivity index (χ1) is 8.18. The summed E-state index contributed by atoms with van der Waals surface area (Å²) < 4.78 is 0. The fraction of sp³-hybridized carbons (Fsp3) is 0.455. The molecule has 0 spiro atoms. The van der Waals surface area contributed by atoms with Gasteiger partial charge in [0.15, 0.2) is 0 Å². The van der Waals surface area contributed by atoms with Crippen LogP contribution in [0.4, 0.5) is 4.79 Å². The SMILES string of the molecule is C=C1C(N(C)C)=CN=C(N)C1O.CN(C)C(=O)O. The van der Waals surface area contributed by atoms with Gasteiger partial charge in [0.1, 0.15) is 11.9 Å². The van der Waals surface area contributed by atoms with Crippen molar-refractivity contribution in [2.24, 2.45) is 10.7 Å². The van der Waals surface area contributed by atoms with Crippen molar-refractivity contribution in [1.82, 2.24) is 9.80 Å². The van der Waals surface area contributed by atoms with Crippen LogP contribution in [-0.2, 0) is 0 Å². The maximum absolute atomic E-state index is 9.62. The maximum atomic E-state index is 9.62. The van der Waals surface area contributed by atoms with Crippen LogP contribution in [0.25, 0.3) is 0 Å². The summed E-state index contributed by atoms with van der Waals surface area (Å²) in [5.41, 5.74) is 6.80. The van der Waals surface area contributed by atoms with E-state index in [-0.39, 0.29) is 5.84 Å². The van der Waals surface area contributed by atoms with Crippen molar-refractivity contribution in [2.45, 2.75) is 6.10 Å². The van der Waals surface area contributed by atoms with Gasteiger partial charge in [-0.15, -0.1) is 0 Å². The van der Waals surface area contributed by atoms with Gasteiger partial charge in [0.25, 0.3) is 0 Å². The van der Waals surface area contributed by atoms with E-state index in [4.69, 9.17) is 10.8 Å². The molecule has 0 bridgehead atoms. The van der Waals surface area contributed by atoms with Crippen LogP contribution in [0.5, 0.6) is 0 Å². The summed E-state index contributed by atoms with van der Waals surface area (Å²) in [5.74, 6) is 0.200. The molecule has 7 nitrogen and oxygen atoms in total. The van der Waals surface area contributed by atoms with Crippen LogP contribution in [0.2, 0.25) is 0 Å². The van der Waals surface area contributed by atoms with Gasteiger partial charge in [0, 0.05) is 33.8 Å². The zero-order chi connectivity index (χ0) is 14.5. The molecule has 1 aliphatic rings. The van der Waals surface area contributed by atoms with Gasteiger partial charge < -0.3 is 25.7 Å². The van der Waals surface area contributed by atoms with Crippen molar-refractivity contribution < 1.29 is 15.0 Å². The third kappa shape index (κ3) is 4.46. The number of nitrogens with zero attached hydrogens (tertiary/aromatic N) is 3. The zero-order valence-corrected chi connectivity index (χ0v) is 11.1. The summed E-state index contributed by atoms with van der Waals surface area (Å²) in [5, 5.41) is 17.4. The molecule has 0 aromatic carbocycles. The van der Waals surface area contributed by atoms with Gasteiger partial charge in [-0.05, 0) is 0 Å². The summed E-state index contributed by atoms with van der Waals surface area (Å²) in [6.07, 6.45) is -0.146. The summed E-state index contributed by atoms with van der Waals surface area (Å²) in [6.45, 7) is 3.73. The van der Waals surface area contributed by atoms with Gasteiger partial charge >= 0.3 is 6.09 Å². The van der Waals surface area contributed by atoms with E-state index in [1.54, 1.807) is 6.20 Å². The molecule has 0 saturated heterocycles. The molecule has 1 aliphatic heterocycles. The van der Waals surface area contributed by atoms with Crippen molar-refractivity contribution in [3.8, 4) is 0 Å². The third-order valence-electron chi connectivity index (χ3n) is 2.14. The first-order valence-corrected chi connectivity index (χ1v) is 5.16. The number of carbonyl (C=O) groups is 1. The maximum Gasteiger partial charge on any atom is 0.406 e. The average molecular weight is 256 g/mol. The van der Waals surface area contributed by atoms with Crippen molar-refractivity contribution in [3.63, 3.8) is 0 Å². The fourth-order valence-electron chi connectivity index (χ4n) is 1.01. The number of nitrogens with two attached hydrogens (primary N) is 1. The second-order valence-corrected chi connectivity index (χ2v) is 4.07. The van der Waals surface area contributed by atoms with E-state index in [9.17, 15) is 9.90 Å². The molecule has 1 amide bonds. The summed E-state index contributed by atoms with van der Waals surface area (Å²) in [4.78, 5) is 16.4. The minimum atomic E-state index is -0.907. The molecule has 1 atom stereocenters. The Labute approximate surface area is 107 Å². The molecule has 4 N–H and O–H groups in total. The van der Waals surface area contributed by atoms with E-state index < -0.39 is 12.2 Å². The summed E-state index contributed by atoms with van der Waals surface area (Å²) in [7, 11) is 6.67. The standard InChI is InChI=1S/C8H13N3O.C3H7NO2/c1-5-6(11(2)3)4-10-8(9)7(5)12;1-4(2)3(5)6/h4,7,12H,1H2,2-3H3,(H2,9,10);1-2H3,(H,5,6). The van der Waals surface area contributed by atoms with Crippen LogP contribution in [0.1, 0.15) is 0 Å². The lowest BCUT2D eigenvalue weighted by Crippen LogP contribution is -2.35. The van der Waals surface area contributed by atoms with Gasteiger partial charge in [-0.2, -0.15) is 0 Å². The van der Waals surface area contributed by atoms with Crippen LogP contribution >= 0.6 is 0 Å². The molecule has 102 valence electrons. The number of likely N-dealkylation sites (N-methyl/N-ethyl adjacent to an activating group) is 1. The monoisotopic (exact) mass is 256 g/mol. The number of aliphatic hydroxyl groups excluding tert-OH is 1. The van der Waals surface area contributed by atoms with Crippen molar-refractivity contribution in [3.05, 3.63) is 24.0 Å². The minimum absolute atomic E-state index is 0.200. The molecule has 7 heteroatoms. The Balaban J connectivity index is 0.000000411. The van der Waals surface area contributed by atoms with E-state index in [1.807, 2.05) is 19.0 Å². The molecular formula is C11H20N4O3. The molecule has 0 aromatic heterocycles. The molecule has 0 fully saturated rings. The van der Waals surface area contributed by atoms with E-state index in [1.165, 1.54) is 14.1 Å². The first-order valence-electron chi connectivity index (χ1n) is 5.16. The second kappa shape index (κ2) is 6.65. The second-order valence-electron chi connectivity index (χ2n) is 4.07. The third-order valence-corrected chi connectivity index (χ3v) is 2.14. The van der Waals surface area contributed by atoms with Gasteiger partial charge in [-0.1, -0.05) is 6.58 Å². The number of amidine groups is 1. The number of carboxylic acid groups (broad SMARTS) is 1. The largest absolute Gasteiger partial charge is 0.465 e. The Morgan fingerprint density at radius 3 is 2.22 bits per heavy atom. The quantitative estimate of drug-likeness (QED) is 0.608. The Morgan fingerprint density at radius 1 is 1.44 bits per heavy atom. The van der Waals surface area contributed by atoms with Gasteiger partial charge in [0.05, 0.1) is 11.9 Å². The van der Waals surface area contributed by atoms with Crippen LogP contribution in [0, 0.1) is 0 Å². The molecule has 0 radical (unpaired) electrons. The summed E-state index contributed by atoms with van der Waals surface area (Å²) >= 11 is 0. The number of hydrogen-bond acceptors (Lipinski definition) is 5. The topological polar surface area (TPSA) is 102 Å². The highest BCUT2D eigenvalue weighted by Crippen LogP contribution is 2.18. The van der Waals surface area contributed by atoms with E-state index >= 15 is 0 Å². The number of amides is 1. The van der Waals surface area contributed by atoms with E-state index in [0.717, 1.165) is 10.6 Å². The van der Waals surface area contributed by atoms with Crippen LogP contribution in [0.3, 0.4) is 0 Å². The zero-order valence-electron chi connectivity index (χ0n) is 11.1. The molecule has 0 aromatic rings. The lowest BCUT2D eigenvalue weighted by Gasteiger charge is -2.24. The van der Waals surface area contributed by atoms with E-state index in [2.05, 4.69) is 11.6 Å². The minimum Gasteiger partial charge on any atom is -0.465 e. The molecule has 0 saturated carbocycles. The molecule has 1 heterocycles. The summed E-state index contributed by atoms with van der Waals surface area (Å²) in [6, 6.07) is 0. The lowest BCUT2D eigenvalue weighted by atomic mass is 10.1. The highest BCUT2D eigenvalue weighted by atomic mass is 16.4. The van der Waals surface area contributed by atoms with E-state index in [0.29, 0.717) is 5.57 Å². The van der Waals surface area contributed by atoms with Gasteiger partial charge in [-0.25, -0.2) is 9.79 Å². The predicted molar refractivity (Wildman–Crippen MR) is 70.3 cm³/mol.